The minimum atomic E-state index is -3.76. The molecule has 0 amide bonds. The Morgan fingerprint density at radius 3 is 2.90 bits per heavy atom. The van der Waals surface area contributed by atoms with Crippen molar-refractivity contribution >= 4 is 10.0 Å². The van der Waals surface area contributed by atoms with E-state index in [1.54, 1.807) is 0 Å². The van der Waals surface area contributed by atoms with Crippen LogP contribution in [0.2, 0.25) is 0 Å². The van der Waals surface area contributed by atoms with Crippen LogP contribution in [0.25, 0.3) is 0 Å². The Labute approximate surface area is 123 Å². The fourth-order valence-corrected chi connectivity index (χ4v) is 3.30. The highest BCUT2D eigenvalue weighted by molar-refractivity contribution is 7.89. The smallest absolute Gasteiger partial charge is 0.241 e. The van der Waals surface area contributed by atoms with Gasteiger partial charge in [0.25, 0.3) is 0 Å². The van der Waals surface area contributed by atoms with Crippen molar-refractivity contribution in [2.75, 3.05) is 19.8 Å². The third kappa shape index (κ3) is 4.25. The number of sulfonamides is 1. The number of benzene rings is 1. The Hall–Kier alpha value is -1.46. The molecule has 7 heteroatoms. The predicted molar refractivity (Wildman–Crippen MR) is 76.5 cm³/mol. The number of hydrogen-bond donors (Lipinski definition) is 2. The van der Waals surface area contributed by atoms with Crippen LogP contribution < -0.4 is 10.5 Å². The van der Waals surface area contributed by atoms with Gasteiger partial charge in [0, 0.05) is 12.6 Å². The van der Waals surface area contributed by atoms with E-state index in [1.807, 2.05) is 0 Å². The molecule has 1 saturated heterocycles. The Kier molecular flexibility index (Phi) is 5.31. The maximum atomic E-state index is 13.8. The molecule has 1 aliphatic rings. The van der Waals surface area contributed by atoms with E-state index >= 15 is 0 Å². The lowest BCUT2D eigenvalue weighted by Gasteiger charge is -2.23. The minimum absolute atomic E-state index is 0.114. The molecular formula is C14H17FN2O3S. The third-order valence-corrected chi connectivity index (χ3v) is 4.58. The summed E-state index contributed by atoms with van der Waals surface area (Å²) in [4.78, 5) is -0.121. The molecule has 1 unspecified atom stereocenters. The molecule has 1 heterocycles. The van der Waals surface area contributed by atoms with E-state index in [-0.39, 0.29) is 23.0 Å². The minimum Gasteiger partial charge on any atom is -0.380 e. The molecule has 21 heavy (non-hydrogen) atoms. The molecule has 1 atom stereocenters. The van der Waals surface area contributed by atoms with Crippen molar-refractivity contribution in [3.05, 3.63) is 29.6 Å². The Balaban J connectivity index is 2.18. The highest BCUT2D eigenvalue weighted by Gasteiger charge is 2.22. The van der Waals surface area contributed by atoms with Crippen LogP contribution in [-0.4, -0.2) is 34.2 Å². The molecular weight excluding hydrogens is 295 g/mol. The summed E-state index contributed by atoms with van der Waals surface area (Å²) in [6.45, 7) is 1.09. The fraction of sp³-hybridized carbons (Fsp3) is 0.429. The van der Waals surface area contributed by atoms with E-state index in [1.165, 1.54) is 12.1 Å². The van der Waals surface area contributed by atoms with Gasteiger partial charge in [-0.05, 0) is 31.0 Å². The van der Waals surface area contributed by atoms with Crippen molar-refractivity contribution in [2.45, 2.75) is 23.8 Å². The highest BCUT2D eigenvalue weighted by atomic mass is 32.2. The molecule has 1 aromatic rings. The van der Waals surface area contributed by atoms with Crippen LogP contribution in [0.3, 0.4) is 0 Å². The van der Waals surface area contributed by atoms with Crippen molar-refractivity contribution in [2.24, 2.45) is 5.73 Å². The molecule has 0 saturated carbocycles. The van der Waals surface area contributed by atoms with Gasteiger partial charge in [0.15, 0.2) is 0 Å². The first kappa shape index (κ1) is 15.9. The van der Waals surface area contributed by atoms with Gasteiger partial charge in [-0.1, -0.05) is 11.8 Å². The van der Waals surface area contributed by atoms with E-state index in [2.05, 4.69) is 16.6 Å². The van der Waals surface area contributed by atoms with E-state index < -0.39 is 15.8 Å². The van der Waals surface area contributed by atoms with Crippen molar-refractivity contribution < 1.29 is 17.5 Å². The number of halogens is 1. The summed E-state index contributed by atoms with van der Waals surface area (Å²) >= 11 is 0. The van der Waals surface area contributed by atoms with Crippen LogP contribution in [0.5, 0.6) is 0 Å². The monoisotopic (exact) mass is 312 g/mol. The zero-order valence-electron chi connectivity index (χ0n) is 11.4. The Bertz CT molecular complexity index is 659. The summed E-state index contributed by atoms with van der Waals surface area (Å²) < 4.78 is 45.9. The maximum absolute atomic E-state index is 13.8. The predicted octanol–water partition coefficient (Wildman–Crippen LogP) is 0.593. The molecule has 1 aromatic carbocycles. The second-order valence-corrected chi connectivity index (χ2v) is 6.40. The van der Waals surface area contributed by atoms with E-state index in [0.29, 0.717) is 19.6 Å². The molecule has 0 spiro atoms. The van der Waals surface area contributed by atoms with Gasteiger partial charge in [0.2, 0.25) is 10.0 Å². The molecule has 1 fully saturated rings. The van der Waals surface area contributed by atoms with Crippen molar-refractivity contribution in [1.82, 2.24) is 4.72 Å². The van der Waals surface area contributed by atoms with Gasteiger partial charge in [-0.2, -0.15) is 0 Å². The van der Waals surface area contributed by atoms with Crippen LogP contribution in [0.1, 0.15) is 18.4 Å². The van der Waals surface area contributed by atoms with E-state index in [4.69, 9.17) is 10.5 Å². The zero-order chi connectivity index (χ0) is 15.3. The second-order valence-electron chi connectivity index (χ2n) is 4.68. The molecule has 1 aliphatic heterocycles. The van der Waals surface area contributed by atoms with Gasteiger partial charge in [0.1, 0.15) is 5.82 Å². The lowest BCUT2D eigenvalue weighted by molar-refractivity contribution is 0.0774. The molecule has 5 nitrogen and oxygen atoms in total. The van der Waals surface area contributed by atoms with Gasteiger partial charge in [-0.3, -0.25) is 0 Å². The average molecular weight is 312 g/mol. The average Bonchev–Trinajstić information content (AvgIpc) is 2.46. The van der Waals surface area contributed by atoms with Crippen molar-refractivity contribution in [3.8, 4) is 11.8 Å². The van der Waals surface area contributed by atoms with Crippen LogP contribution in [-0.2, 0) is 14.8 Å². The van der Waals surface area contributed by atoms with Crippen LogP contribution >= 0.6 is 0 Å². The molecule has 114 valence electrons. The normalized spacial score (nSPS) is 18.9. The Morgan fingerprint density at radius 2 is 2.29 bits per heavy atom. The largest absolute Gasteiger partial charge is 0.380 e. The summed E-state index contributed by atoms with van der Waals surface area (Å²) in [5.41, 5.74) is 5.34. The van der Waals surface area contributed by atoms with Gasteiger partial charge < -0.3 is 10.5 Å². The van der Waals surface area contributed by atoms with Crippen molar-refractivity contribution in [1.29, 1.82) is 0 Å². The SMILES string of the molecule is NCC#Cc1ccc(S(=O)(=O)NC2CCCOC2)cc1F. The lowest BCUT2D eigenvalue weighted by atomic mass is 10.1. The van der Waals surface area contributed by atoms with Crippen molar-refractivity contribution in [3.63, 3.8) is 0 Å². The topological polar surface area (TPSA) is 81.4 Å². The second kappa shape index (κ2) is 7.00. The zero-order valence-corrected chi connectivity index (χ0v) is 12.2. The quantitative estimate of drug-likeness (QED) is 0.801. The molecule has 2 rings (SSSR count). The van der Waals surface area contributed by atoms with Gasteiger partial charge in [-0.15, -0.1) is 0 Å². The summed E-state index contributed by atoms with van der Waals surface area (Å²) in [5.74, 6) is 4.39. The lowest BCUT2D eigenvalue weighted by Crippen LogP contribution is -2.40. The van der Waals surface area contributed by atoms with Crippen LogP contribution in [0.15, 0.2) is 23.1 Å². The summed E-state index contributed by atoms with van der Waals surface area (Å²) in [7, 11) is -3.76. The number of rotatable bonds is 3. The van der Waals surface area contributed by atoms with Gasteiger partial charge in [-0.25, -0.2) is 17.5 Å². The molecule has 0 radical (unpaired) electrons. The summed E-state index contributed by atoms with van der Waals surface area (Å²) in [5, 5.41) is 0. The standard InChI is InChI=1S/C14H17FN2O3S/c15-14-9-13(6-5-11(14)3-1-7-16)21(18,19)17-12-4-2-8-20-10-12/h5-6,9,12,17H,2,4,7-8,10,16H2. The number of nitrogens with one attached hydrogen (secondary N) is 1. The first-order valence-corrected chi connectivity index (χ1v) is 8.10. The third-order valence-electron chi connectivity index (χ3n) is 3.06. The Morgan fingerprint density at radius 1 is 1.48 bits per heavy atom. The van der Waals surface area contributed by atoms with Crippen LogP contribution in [0.4, 0.5) is 4.39 Å². The van der Waals surface area contributed by atoms with E-state index in [0.717, 1.165) is 12.5 Å². The number of hydrogen-bond acceptors (Lipinski definition) is 4. The molecule has 0 aromatic heterocycles. The number of nitrogens with two attached hydrogens (primary N) is 1. The maximum Gasteiger partial charge on any atom is 0.241 e. The van der Waals surface area contributed by atoms with Gasteiger partial charge in [0.05, 0.1) is 23.6 Å². The first-order chi connectivity index (χ1) is 10.0. The summed E-state index contributed by atoms with van der Waals surface area (Å²) in [6.07, 6.45) is 1.51. The first-order valence-electron chi connectivity index (χ1n) is 6.61. The molecule has 0 bridgehead atoms. The van der Waals surface area contributed by atoms with Crippen LogP contribution in [0, 0.1) is 17.7 Å². The number of ether oxygens (including phenoxy) is 1. The van der Waals surface area contributed by atoms with E-state index in [9.17, 15) is 12.8 Å². The molecule has 0 aliphatic carbocycles. The highest BCUT2D eigenvalue weighted by Crippen LogP contribution is 2.16. The molecule has 3 N–H and O–H groups in total. The summed E-state index contributed by atoms with van der Waals surface area (Å²) in [6, 6.07) is 3.36. The van der Waals surface area contributed by atoms with Gasteiger partial charge >= 0.3 is 0 Å². The fourth-order valence-electron chi connectivity index (χ4n) is 2.03.